The average molecular weight is 496 g/mol. The number of benzene rings is 1. The van der Waals surface area contributed by atoms with E-state index in [0.717, 1.165) is 43.0 Å². The van der Waals surface area contributed by atoms with Gasteiger partial charge in [0.2, 0.25) is 0 Å². The summed E-state index contributed by atoms with van der Waals surface area (Å²) in [6.07, 6.45) is 4.44. The summed E-state index contributed by atoms with van der Waals surface area (Å²) >= 11 is 0. The number of pyridine rings is 1. The van der Waals surface area contributed by atoms with Crippen LogP contribution in [0.4, 0.5) is 26.0 Å². The number of nitrogens with zero attached hydrogens (tertiary/aromatic N) is 5. The second-order valence-corrected chi connectivity index (χ2v) is 10.3. The maximum Gasteiger partial charge on any atom is 0.173 e. The molecule has 0 radical (unpaired) electrons. The van der Waals surface area contributed by atoms with Gasteiger partial charge in [0.1, 0.15) is 5.82 Å². The molecule has 0 saturated carbocycles. The van der Waals surface area contributed by atoms with Gasteiger partial charge < -0.3 is 24.7 Å². The van der Waals surface area contributed by atoms with Gasteiger partial charge in [-0.2, -0.15) is 5.10 Å². The second-order valence-electron chi connectivity index (χ2n) is 10.3. The molecule has 8 nitrogen and oxygen atoms in total. The number of imidazole rings is 1. The zero-order chi connectivity index (χ0) is 25.0. The summed E-state index contributed by atoms with van der Waals surface area (Å²) in [6.45, 7) is 9.72. The molecule has 6 rings (SSSR count). The molecule has 2 aliphatic rings. The average Bonchev–Trinajstić information content (AvgIpc) is 3.53. The van der Waals surface area contributed by atoms with E-state index in [2.05, 4.69) is 34.4 Å². The number of hydrogen-bond acceptors (Lipinski definition) is 6. The van der Waals surface area contributed by atoms with E-state index >= 15 is 4.39 Å². The smallest absolute Gasteiger partial charge is 0.173 e. The van der Waals surface area contributed by atoms with Gasteiger partial charge in [0, 0.05) is 68.4 Å². The Morgan fingerprint density at radius 3 is 2.67 bits per heavy atom. The van der Waals surface area contributed by atoms with Crippen molar-refractivity contribution in [2.24, 2.45) is 5.92 Å². The van der Waals surface area contributed by atoms with Gasteiger partial charge >= 0.3 is 0 Å². The van der Waals surface area contributed by atoms with Crippen LogP contribution in [0.2, 0.25) is 0 Å². The summed E-state index contributed by atoms with van der Waals surface area (Å²) in [5, 5.41) is 11.9. The molecule has 3 aromatic heterocycles. The lowest BCUT2D eigenvalue weighted by Gasteiger charge is -2.37. The Morgan fingerprint density at radius 1 is 1.11 bits per heavy atom. The predicted molar refractivity (Wildman–Crippen MR) is 136 cm³/mol. The molecule has 5 heterocycles. The van der Waals surface area contributed by atoms with Crippen molar-refractivity contribution in [2.75, 3.05) is 36.5 Å². The highest BCUT2D eigenvalue weighted by molar-refractivity contribution is 5.94. The van der Waals surface area contributed by atoms with Crippen molar-refractivity contribution in [3.63, 3.8) is 0 Å². The number of halogens is 2. The molecule has 1 aromatic carbocycles. The fourth-order valence-corrected chi connectivity index (χ4v) is 5.54. The highest BCUT2D eigenvalue weighted by Gasteiger charge is 2.25. The topological polar surface area (TPSA) is 71.7 Å². The van der Waals surface area contributed by atoms with E-state index in [0.29, 0.717) is 48.0 Å². The lowest BCUT2D eigenvalue weighted by atomic mass is 10.1. The van der Waals surface area contributed by atoms with E-state index in [1.807, 2.05) is 17.7 Å². The van der Waals surface area contributed by atoms with Crippen molar-refractivity contribution < 1.29 is 13.5 Å². The fraction of sp³-hybridized carbons (Fsp3) is 0.462. The molecule has 190 valence electrons. The lowest BCUT2D eigenvalue weighted by Crippen LogP contribution is -2.54. The largest absolute Gasteiger partial charge is 0.381 e. The van der Waals surface area contributed by atoms with Crippen LogP contribution in [0.25, 0.3) is 16.6 Å². The summed E-state index contributed by atoms with van der Waals surface area (Å²) in [6, 6.07) is 5.60. The quantitative estimate of drug-likeness (QED) is 0.432. The number of aromatic nitrogens is 4. The number of fused-ring (bicyclic) bond motifs is 2. The van der Waals surface area contributed by atoms with Gasteiger partial charge in [-0.1, -0.05) is 0 Å². The van der Waals surface area contributed by atoms with Crippen LogP contribution in [0.15, 0.2) is 30.6 Å². The number of aryl methyl sites for hydroxylation is 1. The first-order valence-corrected chi connectivity index (χ1v) is 12.5. The van der Waals surface area contributed by atoms with Crippen LogP contribution in [-0.4, -0.2) is 57.6 Å². The molecule has 0 spiro atoms. The minimum atomic E-state index is -0.454. The summed E-state index contributed by atoms with van der Waals surface area (Å²) in [5.41, 5.74) is 3.01. The van der Waals surface area contributed by atoms with Gasteiger partial charge in [0.05, 0.1) is 28.9 Å². The van der Waals surface area contributed by atoms with Crippen molar-refractivity contribution in [1.82, 2.24) is 24.5 Å². The zero-order valence-corrected chi connectivity index (χ0v) is 20.8. The number of ether oxygens (including phenoxy) is 1. The Labute approximate surface area is 208 Å². The van der Waals surface area contributed by atoms with Crippen molar-refractivity contribution in [1.29, 1.82) is 0 Å². The fourth-order valence-electron chi connectivity index (χ4n) is 5.54. The molecule has 3 atom stereocenters. The predicted octanol–water partition coefficient (Wildman–Crippen LogP) is 4.24. The van der Waals surface area contributed by atoms with E-state index in [1.54, 1.807) is 22.9 Å². The molecule has 4 aromatic rings. The first-order valence-electron chi connectivity index (χ1n) is 12.5. The molecule has 0 aliphatic carbocycles. The van der Waals surface area contributed by atoms with Crippen molar-refractivity contribution in [3.8, 4) is 0 Å². The van der Waals surface area contributed by atoms with Crippen LogP contribution in [0.5, 0.6) is 0 Å². The Hall–Kier alpha value is -3.24. The maximum atomic E-state index is 15.8. The van der Waals surface area contributed by atoms with E-state index in [9.17, 15) is 4.39 Å². The molecule has 0 bridgehead atoms. The summed E-state index contributed by atoms with van der Waals surface area (Å²) in [7, 11) is 0. The van der Waals surface area contributed by atoms with E-state index in [-0.39, 0.29) is 11.5 Å². The molecular weight excluding hydrogens is 464 g/mol. The summed E-state index contributed by atoms with van der Waals surface area (Å²) in [5.74, 6) is -0.123. The number of anilines is 3. The van der Waals surface area contributed by atoms with Gasteiger partial charge in [-0.05, 0) is 39.3 Å². The van der Waals surface area contributed by atoms with Crippen LogP contribution in [0.1, 0.15) is 26.0 Å². The first-order chi connectivity index (χ1) is 17.3. The maximum absolute atomic E-state index is 15.8. The normalized spacial score (nSPS) is 22.7. The SMILES string of the molecule is Cc1cn2cc(Nc3nn(CC4CCOC4)c4cc(N5C[C@@H](C)N[C@@H](C)C5)cc(F)c34)cc(F)c2n1. The van der Waals surface area contributed by atoms with Crippen LogP contribution >= 0.6 is 0 Å². The Kier molecular flexibility index (Phi) is 5.80. The van der Waals surface area contributed by atoms with Gasteiger partial charge in [-0.15, -0.1) is 0 Å². The Bertz CT molecular complexity index is 1420. The monoisotopic (exact) mass is 495 g/mol. The molecule has 10 heteroatoms. The number of rotatable bonds is 5. The second kappa shape index (κ2) is 9.01. The third-order valence-electron chi connectivity index (χ3n) is 7.06. The van der Waals surface area contributed by atoms with Gasteiger partial charge in [0.15, 0.2) is 17.3 Å². The number of hydrogen-bond donors (Lipinski definition) is 2. The zero-order valence-electron chi connectivity index (χ0n) is 20.8. The van der Waals surface area contributed by atoms with E-state index in [1.165, 1.54) is 6.07 Å². The third-order valence-corrected chi connectivity index (χ3v) is 7.06. The first kappa shape index (κ1) is 23.2. The molecule has 36 heavy (non-hydrogen) atoms. The minimum Gasteiger partial charge on any atom is -0.381 e. The van der Waals surface area contributed by atoms with Crippen LogP contribution in [0, 0.1) is 24.5 Å². The highest BCUT2D eigenvalue weighted by Crippen LogP contribution is 2.34. The third kappa shape index (κ3) is 4.28. The van der Waals surface area contributed by atoms with E-state index < -0.39 is 5.82 Å². The van der Waals surface area contributed by atoms with Gasteiger partial charge in [-0.25, -0.2) is 13.8 Å². The van der Waals surface area contributed by atoms with E-state index in [4.69, 9.17) is 9.84 Å². The lowest BCUT2D eigenvalue weighted by molar-refractivity contribution is 0.182. The van der Waals surface area contributed by atoms with Crippen LogP contribution in [-0.2, 0) is 11.3 Å². The molecule has 1 unspecified atom stereocenters. The molecule has 2 aliphatic heterocycles. The number of nitrogens with one attached hydrogen (secondary N) is 2. The minimum absolute atomic E-state index is 0.255. The van der Waals surface area contributed by atoms with Crippen LogP contribution < -0.4 is 15.5 Å². The molecule has 2 N–H and O–H groups in total. The molecule has 2 fully saturated rings. The van der Waals surface area contributed by atoms with Crippen molar-refractivity contribution >= 4 is 33.7 Å². The van der Waals surface area contributed by atoms with Crippen molar-refractivity contribution in [2.45, 2.75) is 45.8 Å². The Balaban J connectivity index is 1.42. The standard InChI is InChI=1S/C26H31F2N7O/c1-15-9-33(10-16(2)29-15)20-7-21(27)24-23(8-20)35(12-18-4-5-36-14-18)32-25(24)31-19-6-22(28)26-30-17(3)11-34(26)13-19/h6-8,11,13,15-16,18,29H,4-5,9-10,12,14H2,1-3H3,(H,31,32)/t15-,16+,18?. The van der Waals surface area contributed by atoms with Gasteiger partial charge in [-0.3, -0.25) is 4.68 Å². The van der Waals surface area contributed by atoms with Crippen molar-refractivity contribution in [3.05, 3.63) is 47.9 Å². The van der Waals surface area contributed by atoms with Gasteiger partial charge in [0.25, 0.3) is 0 Å². The molecular formula is C26H31F2N7O. The summed E-state index contributed by atoms with van der Waals surface area (Å²) < 4.78 is 39.5. The number of piperazine rings is 1. The summed E-state index contributed by atoms with van der Waals surface area (Å²) in [4.78, 5) is 6.43. The molecule has 0 amide bonds. The van der Waals surface area contributed by atoms with Crippen LogP contribution in [0.3, 0.4) is 0 Å². The Morgan fingerprint density at radius 2 is 1.92 bits per heavy atom. The highest BCUT2D eigenvalue weighted by atomic mass is 19.1. The molecule has 2 saturated heterocycles.